The standard InChI is InChI=1S/C7H10O2/c8-7-5-1-2-6(7)4-9-3-5/h5-6H,1-4H2. The fraction of sp³-hybridized carbons (Fsp3) is 0.857. The van der Waals surface area contributed by atoms with Gasteiger partial charge in [-0.3, -0.25) is 4.79 Å². The van der Waals surface area contributed by atoms with Crippen LogP contribution in [0.15, 0.2) is 0 Å². The van der Waals surface area contributed by atoms with Gasteiger partial charge in [0.15, 0.2) is 0 Å². The molecule has 0 radical (unpaired) electrons. The molecule has 50 valence electrons. The Morgan fingerprint density at radius 2 is 1.78 bits per heavy atom. The van der Waals surface area contributed by atoms with Gasteiger partial charge in [-0.1, -0.05) is 0 Å². The largest absolute Gasteiger partial charge is 0.380 e. The number of ketones is 1. The summed E-state index contributed by atoms with van der Waals surface area (Å²) in [6.45, 7) is 1.38. The van der Waals surface area contributed by atoms with E-state index >= 15 is 0 Å². The van der Waals surface area contributed by atoms with Crippen molar-refractivity contribution in [3.05, 3.63) is 0 Å². The summed E-state index contributed by atoms with van der Waals surface area (Å²) in [7, 11) is 0. The summed E-state index contributed by atoms with van der Waals surface area (Å²) in [6.07, 6.45) is 2.15. The Labute approximate surface area is 54.2 Å². The lowest BCUT2D eigenvalue weighted by Gasteiger charge is -2.16. The molecule has 0 N–H and O–H groups in total. The van der Waals surface area contributed by atoms with Gasteiger partial charge in [0.25, 0.3) is 0 Å². The van der Waals surface area contributed by atoms with Gasteiger partial charge in [0.2, 0.25) is 0 Å². The monoisotopic (exact) mass is 126 g/mol. The highest BCUT2D eigenvalue weighted by atomic mass is 16.5. The lowest BCUT2D eigenvalue weighted by Crippen LogP contribution is -2.28. The molecule has 2 fully saturated rings. The second-order valence-electron chi connectivity index (χ2n) is 2.91. The number of hydrogen-bond acceptors (Lipinski definition) is 2. The van der Waals surface area contributed by atoms with Crippen LogP contribution in [0.5, 0.6) is 0 Å². The van der Waals surface area contributed by atoms with Gasteiger partial charge in [0.05, 0.1) is 13.2 Å². The van der Waals surface area contributed by atoms with E-state index in [-0.39, 0.29) is 11.8 Å². The van der Waals surface area contributed by atoms with Crippen LogP contribution in [0.2, 0.25) is 0 Å². The van der Waals surface area contributed by atoms with Crippen LogP contribution in [0.4, 0.5) is 0 Å². The number of ether oxygens (including phenoxy) is 1. The van der Waals surface area contributed by atoms with Crippen molar-refractivity contribution in [2.75, 3.05) is 13.2 Å². The van der Waals surface area contributed by atoms with Crippen molar-refractivity contribution in [3.63, 3.8) is 0 Å². The zero-order valence-electron chi connectivity index (χ0n) is 5.30. The van der Waals surface area contributed by atoms with E-state index in [1.807, 2.05) is 0 Å². The molecular formula is C7H10O2. The highest BCUT2D eigenvalue weighted by Crippen LogP contribution is 2.31. The van der Waals surface area contributed by atoms with E-state index in [1.165, 1.54) is 0 Å². The van der Waals surface area contributed by atoms with Gasteiger partial charge in [-0.25, -0.2) is 0 Å². The third kappa shape index (κ3) is 0.697. The van der Waals surface area contributed by atoms with Crippen molar-refractivity contribution < 1.29 is 9.53 Å². The number of fused-ring (bicyclic) bond motifs is 2. The molecule has 2 bridgehead atoms. The first kappa shape index (κ1) is 5.42. The number of rotatable bonds is 0. The molecule has 0 aromatic rings. The first-order valence-electron chi connectivity index (χ1n) is 3.49. The van der Waals surface area contributed by atoms with Gasteiger partial charge in [-0.05, 0) is 12.8 Å². The Morgan fingerprint density at radius 1 is 1.22 bits per heavy atom. The molecule has 9 heavy (non-hydrogen) atoms. The van der Waals surface area contributed by atoms with Crippen LogP contribution < -0.4 is 0 Å². The smallest absolute Gasteiger partial charge is 0.143 e. The summed E-state index contributed by atoms with van der Waals surface area (Å²) in [6, 6.07) is 0. The molecule has 0 aromatic heterocycles. The van der Waals surface area contributed by atoms with Crippen molar-refractivity contribution in [1.29, 1.82) is 0 Å². The van der Waals surface area contributed by atoms with Crippen molar-refractivity contribution in [1.82, 2.24) is 0 Å². The highest BCUT2D eigenvalue weighted by molar-refractivity contribution is 5.86. The van der Waals surface area contributed by atoms with E-state index in [2.05, 4.69) is 0 Å². The van der Waals surface area contributed by atoms with Crippen molar-refractivity contribution >= 4 is 5.78 Å². The topological polar surface area (TPSA) is 26.3 Å². The van der Waals surface area contributed by atoms with E-state index in [9.17, 15) is 4.79 Å². The van der Waals surface area contributed by atoms with E-state index in [0.717, 1.165) is 12.8 Å². The molecule has 2 atom stereocenters. The summed E-state index contributed by atoms with van der Waals surface area (Å²) in [4.78, 5) is 11.1. The quantitative estimate of drug-likeness (QED) is 0.475. The number of Topliss-reactive ketones (excluding diaryl/α,β-unsaturated/α-hetero) is 1. The molecule has 1 aliphatic carbocycles. The van der Waals surface area contributed by atoms with Crippen LogP contribution in [0.3, 0.4) is 0 Å². The summed E-state index contributed by atoms with van der Waals surface area (Å²) in [5.74, 6) is 0.994. The zero-order chi connectivity index (χ0) is 6.27. The molecule has 2 unspecified atom stereocenters. The molecule has 1 saturated carbocycles. The first-order valence-corrected chi connectivity index (χ1v) is 3.49. The van der Waals surface area contributed by atoms with Gasteiger partial charge < -0.3 is 4.74 Å². The average Bonchev–Trinajstić information content (AvgIpc) is 2.19. The zero-order valence-corrected chi connectivity index (χ0v) is 5.30. The van der Waals surface area contributed by atoms with Gasteiger partial charge >= 0.3 is 0 Å². The molecule has 1 aliphatic heterocycles. The molecule has 0 aromatic carbocycles. The predicted molar refractivity (Wildman–Crippen MR) is 32.0 cm³/mol. The molecule has 1 heterocycles. The molecule has 1 saturated heterocycles. The molecule has 0 spiro atoms. The Hall–Kier alpha value is -0.370. The van der Waals surface area contributed by atoms with Crippen LogP contribution in [0, 0.1) is 11.8 Å². The van der Waals surface area contributed by atoms with E-state index < -0.39 is 0 Å². The summed E-state index contributed by atoms with van der Waals surface area (Å²) < 4.78 is 5.21. The summed E-state index contributed by atoms with van der Waals surface area (Å²) >= 11 is 0. The normalized spacial score (nSPS) is 41.6. The molecule has 2 heteroatoms. The second kappa shape index (κ2) is 1.81. The van der Waals surface area contributed by atoms with Crippen LogP contribution in [-0.4, -0.2) is 19.0 Å². The highest BCUT2D eigenvalue weighted by Gasteiger charge is 2.37. The Bertz CT molecular complexity index is 124. The lowest BCUT2D eigenvalue weighted by molar-refractivity contribution is -0.132. The van der Waals surface area contributed by atoms with Gasteiger partial charge in [-0.2, -0.15) is 0 Å². The van der Waals surface area contributed by atoms with E-state index in [0.29, 0.717) is 19.0 Å². The minimum absolute atomic E-state index is 0.267. The fourth-order valence-electron chi connectivity index (χ4n) is 1.70. The summed E-state index contributed by atoms with van der Waals surface area (Å²) in [5.41, 5.74) is 0. The van der Waals surface area contributed by atoms with E-state index in [1.54, 1.807) is 0 Å². The predicted octanol–water partition coefficient (Wildman–Crippen LogP) is 0.612. The van der Waals surface area contributed by atoms with Crippen LogP contribution in [0.1, 0.15) is 12.8 Å². The molecule has 0 amide bonds. The third-order valence-electron chi connectivity index (χ3n) is 2.31. The fourth-order valence-corrected chi connectivity index (χ4v) is 1.70. The number of hydrogen-bond donors (Lipinski definition) is 0. The van der Waals surface area contributed by atoms with Gasteiger partial charge in [0.1, 0.15) is 5.78 Å². The molecule has 2 aliphatic rings. The van der Waals surface area contributed by atoms with Gasteiger partial charge in [-0.15, -0.1) is 0 Å². The molecule has 2 rings (SSSR count). The second-order valence-corrected chi connectivity index (χ2v) is 2.91. The maximum absolute atomic E-state index is 11.1. The number of carbonyl (C=O) groups is 1. The Kier molecular flexibility index (Phi) is 1.09. The van der Waals surface area contributed by atoms with Crippen LogP contribution in [-0.2, 0) is 9.53 Å². The maximum Gasteiger partial charge on any atom is 0.143 e. The van der Waals surface area contributed by atoms with E-state index in [4.69, 9.17) is 4.74 Å². The lowest BCUT2D eigenvalue weighted by atomic mass is 10.0. The average molecular weight is 126 g/mol. The molecular weight excluding hydrogens is 116 g/mol. The Morgan fingerprint density at radius 3 is 2.22 bits per heavy atom. The first-order chi connectivity index (χ1) is 4.38. The number of carbonyl (C=O) groups excluding carboxylic acids is 1. The van der Waals surface area contributed by atoms with Crippen LogP contribution in [0.25, 0.3) is 0 Å². The molecule has 2 nitrogen and oxygen atoms in total. The van der Waals surface area contributed by atoms with Crippen molar-refractivity contribution in [2.45, 2.75) is 12.8 Å². The minimum Gasteiger partial charge on any atom is -0.380 e. The Balaban J connectivity index is 2.19. The summed E-state index contributed by atoms with van der Waals surface area (Å²) in [5, 5.41) is 0. The SMILES string of the molecule is O=C1C2CCC1COC2. The van der Waals surface area contributed by atoms with Crippen LogP contribution >= 0.6 is 0 Å². The van der Waals surface area contributed by atoms with Crippen molar-refractivity contribution in [2.24, 2.45) is 11.8 Å². The minimum atomic E-state index is 0.267. The maximum atomic E-state index is 11.1. The van der Waals surface area contributed by atoms with Gasteiger partial charge in [0, 0.05) is 11.8 Å². The third-order valence-corrected chi connectivity index (χ3v) is 2.31. The van der Waals surface area contributed by atoms with Crippen molar-refractivity contribution in [3.8, 4) is 0 Å².